The third-order valence-electron chi connectivity index (χ3n) is 2.19. The minimum absolute atomic E-state index is 0.0119. The quantitative estimate of drug-likeness (QED) is 0.797. The van der Waals surface area contributed by atoms with E-state index in [2.05, 4.69) is 17.2 Å². The second-order valence-electron chi connectivity index (χ2n) is 4.05. The fourth-order valence-corrected chi connectivity index (χ4v) is 3.02. The molecule has 2 unspecified atom stereocenters. The molecule has 2 N–H and O–H groups in total. The molecule has 1 aromatic rings. The minimum atomic E-state index is -0.937. The van der Waals surface area contributed by atoms with Gasteiger partial charge < -0.3 is 10.4 Å². The molecule has 0 spiro atoms. The molecule has 1 rings (SSSR count). The van der Waals surface area contributed by atoms with Gasteiger partial charge in [0.05, 0.1) is 6.61 Å². The van der Waals surface area contributed by atoms with Crippen LogP contribution in [0.1, 0.15) is 28.6 Å². The number of carbonyl (C=O) groups excluding carboxylic acids is 1. The van der Waals surface area contributed by atoms with Crippen LogP contribution in [-0.4, -0.2) is 39.9 Å². The molecule has 0 aliphatic rings. The van der Waals surface area contributed by atoms with Crippen molar-refractivity contribution in [2.45, 2.75) is 19.4 Å². The van der Waals surface area contributed by atoms with Crippen LogP contribution in [0.2, 0.25) is 0 Å². The van der Waals surface area contributed by atoms with E-state index in [1.807, 2.05) is 6.92 Å². The highest BCUT2D eigenvalue weighted by atomic mass is 32.2. The number of hydrogen-bond acceptors (Lipinski definition) is 4. The van der Waals surface area contributed by atoms with Gasteiger partial charge in [0.15, 0.2) is 0 Å². The Hall–Kier alpha value is -1.16. The number of aliphatic hydroxyl groups excluding tert-OH is 1. The largest absolute Gasteiger partial charge is 0.395 e. The number of thiophene rings is 1. The van der Waals surface area contributed by atoms with Crippen molar-refractivity contribution >= 4 is 28.0 Å². The third kappa shape index (κ3) is 5.55. The van der Waals surface area contributed by atoms with Gasteiger partial charge in [0, 0.05) is 40.8 Å². The van der Waals surface area contributed by atoms with Gasteiger partial charge >= 0.3 is 0 Å². The lowest BCUT2D eigenvalue weighted by molar-refractivity contribution is 0.0947. The Morgan fingerprint density at radius 1 is 1.63 bits per heavy atom. The Labute approximate surface area is 119 Å². The maximum Gasteiger partial charge on any atom is 0.262 e. The second-order valence-corrected chi connectivity index (χ2v) is 6.45. The van der Waals surface area contributed by atoms with Crippen molar-refractivity contribution in [1.82, 2.24) is 5.32 Å². The van der Waals surface area contributed by atoms with Gasteiger partial charge in [0.25, 0.3) is 5.91 Å². The first-order chi connectivity index (χ1) is 9.04. The molecule has 1 aromatic heterocycles. The zero-order valence-corrected chi connectivity index (χ0v) is 12.6. The molecule has 0 fully saturated rings. The summed E-state index contributed by atoms with van der Waals surface area (Å²) < 4.78 is 11.1. The topological polar surface area (TPSA) is 66.4 Å². The molecule has 104 valence electrons. The fraction of sp³-hybridized carbons (Fsp3) is 0.462. The highest BCUT2D eigenvalue weighted by molar-refractivity contribution is 7.84. The predicted molar refractivity (Wildman–Crippen MR) is 78.8 cm³/mol. The third-order valence-corrected chi connectivity index (χ3v) is 4.08. The molecule has 1 heterocycles. The molecule has 4 nitrogen and oxygen atoms in total. The lowest BCUT2D eigenvalue weighted by Gasteiger charge is -2.11. The number of nitrogens with one attached hydrogen (secondary N) is 1. The van der Waals surface area contributed by atoms with E-state index < -0.39 is 10.8 Å². The summed E-state index contributed by atoms with van der Waals surface area (Å²) in [5, 5.41) is 13.3. The predicted octanol–water partition coefficient (Wildman–Crippen LogP) is 0.979. The SMILES string of the molecule is CC(CS(C)=O)NC(=O)c1sccc1C#CCCO. The van der Waals surface area contributed by atoms with Crippen molar-refractivity contribution in [3.8, 4) is 11.8 Å². The van der Waals surface area contributed by atoms with Crippen molar-refractivity contribution in [1.29, 1.82) is 0 Å². The standard InChI is InChI=1S/C13H17NO3S2/c1-10(9-19(2)17)14-13(16)12-11(6-8-18-12)5-3-4-7-15/h6,8,10,15H,4,7,9H2,1-2H3,(H,14,16). The first kappa shape index (κ1) is 15.9. The van der Waals surface area contributed by atoms with E-state index in [1.54, 1.807) is 17.7 Å². The molecule has 0 aliphatic carbocycles. The van der Waals surface area contributed by atoms with Gasteiger partial charge in [-0.3, -0.25) is 9.00 Å². The molecule has 2 atom stereocenters. The van der Waals surface area contributed by atoms with E-state index in [0.29, 0.717) is 22.6 Å². The van der Waals surface area contributed by atoms with E-state index >= 15 is 0 Å². The van der Waals surface area contributed by atoms with Gasteiger partial charge in [-0.25, -0.2) is 0 Å². The van der Waals surface area contributed by atoms with Crippen LogP contribution >= 0.6 is 11.3 Å². The summed E-state index contributed by atoms with van der Waals surface area (Å²) in [6.07, 6.45) is 2.00. The molecule has 0 saturated carbocycles. The minimum Gasteiger partial charge on any atom is -0.395 e. The molecule has 19 heavy (non-hydrogen) atoms. The molecule has 0 radical (unpaired) electrons. The van der Waals surface area contributed by atoms with Crippen molar-refractivity contribution in [3.05, 3.63) is 21.9 Å². The van der Waals surface area contributed by atoms with Crippen molar-refractivity contribution in [2.24, 2.45) is 0 Å². The van der Waals surface area contributed by atoms with Gasteiger partial charge in [0.2, 0.25) is 0 Å². The van der Waals surface area contributed by atoms with Crippen LogP contribution in [0.5, 0.6) is 0 Å². The zero-order valence-electron chi connectivity index (χ0n) is 10.9. The lowest BCUT2D eigenvalue weighted by Crippen LogP contribution is -2.36. The number of carbonyl (C=O) groups is 1. The summed E-state index contributed by atoms with van der Waals surface area (Å²) in [4.78, 5) is 12.6. The van der Waals surface area contributed by atoms with Crippen molar-refractivity contribution < 1.29 is 14.1 Å². The summed E-state index contributed by atoms with van der Waals surface area (Å²) in [7, 11) is -0.937. The van der Waals surface area contributed by atoms with Crippen LogP contribution < -0.4 is 5.32 Å². The molecule has 0 aliphatic heterocycles. The normalized spacial score (nSPS) is 13.2. The zero-order chi connectivity index (χ0) is 14.3. The summed E-state index contributed by atoms with van der Waals surface area (Å²) in [6, 6.07) is 1.64. The summed E-state index contributed by atoms with van der Waals surface area (Å²) in [6.45, 7) is 1.84. The second kappa shape index (κ2) is 8.10. The van der Waals surface area contributed by atoms with Gasteiger partial charge in [-0.15, -0.1) is 11.3 Å². The van der Waals surface area contributed by atoms with Crippen molar-refractivity contribution in [3.63, 3.8) is 0 Å². The van der Waals surface area contributed by atoms with Gasteiger partial charge in [-0.2, -0.15) is 0 Å². The Balaban J connectivity index is 2.70. The molecule has 0 bridgehead atoms. The first-order valence-corrected chi connectivity index (χ1v) is 8.43. The van der Waals surface area contributed by atoms with Crippen LogP contribution in [0.15, 0.2) is 11.4 Å². The van der Waals surface area contributed by atoms with Crippen LogP contribution in [0, 0.1) is 11.8 Å². The molecule has 0 aromatic carbocycles. The number of amides is 1. The van der Waals surface area contributed by atoms with E-state index in [-0.39, 0.29) is 18.6 Å². The molecule has 1 amide bonds. The van der Waals surface area contributed by atoms with Crippen molar-refractivity contribution in [2.75, 3.05) is 18.6 Å². The van der Waals surface area contributed by atoms with E-state index in [0.717, 1.165) is 0 Å². The molecule has 0 saturated heterocycles. The maximum atomic E-state index is 12.0. The summed E-state index contributed by atoms with van der Waals surface area (Å²) >= 11 is 1.32. The Morgan fingerprint density at radius 3 is 3.00 bits per heavy atom. The highest BCUT2D eigenvalue weighted by Gasteiger charge is 2.15. The summed E-state index contributed by atoms with van der Waals surface area (Å²) in [5.41, 5.74) is 0.667. The summed E-state index contributed by atoms with van der Waals surface area (Å²) in [5.74, 6) is 5.90. The monoisotopic (exact) mass is 299 g/mol. The average Bonchev–Trinajstić information content (AvgIpc) is 2.76. The first-order valence-electron chi connectivity index (χ1n) is 5.82. The lowest BCUT2D eigenvalue weighted by atomic mass is 10.2. The molecular formula is C13H17NO3S2. The van der Waals surface area contributed by atoms with Crippen LogP contribution in [-0.2, 0) is 10.8 Å². The maximum absolute atomic E-state index is 12.0. The Kier molecular flexibility index (Phi) is 6.78. The number of aliphatic hydroxyl groups is 1. The number of hydrogen-bond donors (Lipinski definition) is 2. The molecular weight excluding hydrogens is 282 g/mol. The van der Waals surface area contributed by atoms with E-state index in [9.17, 15) is 9.00 Å². The van der Waals surface area contributed by atoms with Crippen LogP contribution in [0.25, 0.3) is 0 Å². The average molecular weight is 299 g/mol. The molecule has 6 heteroatoms. The van der Waals surface area contributed by atoms with Crippen LogP contribution in [0.4, 0.5) is 0 Å². The smallest absolute Gasteiger partial charge is 0.262 e. The Morgan fingerprint density at radius 2 is 2.37 bits per heavy atom. The number of rotatable bonds is 5. The van der Waals surface area contributed by atoms with Gasteiger partial charge in [-0.1, -0.05) is 11.8 Å². The Bertz CT molecular complexity index is 513. The van der Waals surface area contributed by atoms with E-state index in [4.69, 9.17) is 5.11 Å². The van der Waals surface area contributed by atoms with Gasteiger partial charge in [-0.05, 0) is 18.4 Å². The van der Waals surface area contributed by atoms with Crippen LogP contribution in [0.3, 0.4) is 0 Å². The van der Waals surface area contributed by atoms with E-state index in [1.165, 1.54) is 11.3 Å². The highest BCUT2D eigenvalue weighted by Crippen LogP contribution is 2.15. The fourth-order valence-electron chi connectivity index (χ4n) is 1.48. The van der Waals surface area contributed by atoms with Gasteiger partial charge in [0.1, 0.15) is 4.88 Å².